The molecular formula is C22H23N3O2. The molecule has 1 aliphatic heterocycles. The van der Waals surface area contributed by atoms with Crippen LogP contribution in [0.4, 0.5) is 5.69 Å². The van der Waals surface area contributed by atoms with E-state index in [1.807, 2.05) is 71.5 Å². The molecule has 1 aromatic heterocycles. The molecule has 1 saturated heterocycles. The van der Waals surface area contributed by atoms with E-state index in [0.29, 0.717) is 32.6 Å². The van der Waals surface area contributed by atoms with Crippen LogP contribution in [0.5, 0.6) is 0 Å². The quantitative estimate of drug-likeness (QED) is 0.755. The van der Waals surface area contributed by atoms with Gasteiger partial charge < -0.3 is 10.1 Å². The number of nitrogens with one attached hydrogen (secondary N) is 1. The summed E-state index contributed by atoms with van der Waals surface area (Å²) in [5.41, 5.74) is 2.42. The molecule has 138 valence electrons. The molecule has 1 fully saturated rings. The summed E-state index contributed by atoms with van der Waals surface area (Å²) in [6.07, 6.45) is 5.07. The van der Waals surface area contributed by atoms with Gasteiger partial charge in [-0.05, 0) is 42.2 Å². The second kappa shape index (κ2) is 7.76. The predicted molar refractivity (Wildman–Crippen MR) is 105 cm³/mol. The van der Waals surface area contributed by atoms with Crippen molar-refractivity contribution in [3.8, 4) is 0 Å². The van der Waals surface area contributed by atoms with Gasteiger partial charge in [0.2, 0.25) is 5.91 Å². The van der Waals surface area contributed by atoms with Gasteiger partial charge in [0.1, 0.15) is 0 Å². The molecule has 0 bridgehead atoms. The monoisotopic (exact) mass is 361 g/mol. The Labute approximate surface area is 159 Å². The molecule has 1 amide bonds. The van der Waals surface area contributed by atoms with E-state index < -0.39 is 5.41 Å². The average Bonchev–Trinajstić information content (AvgIpc) is 3.22. The van der Waals surface area contributed by atoms with E-state index in [4.69, 9.17) is 4.74 Å². The highest BCUT2D eigenvalue weighted by Gasteiger charge is 2.41. The first-order valence-electron chi connectivity index (χ1n) is 9.27. The Balaban J connectivity index is 1.56. The van der Waals surface area contributed by atoms with Gasteiger partial charge in [0.05, 0.1) is 12.0 Å². The summed E-state index contributed by atoms with van der Waals surface area (Å²) in [6, 6.07) is 19.9. The molecule has 0 radical (unpaired) electrons. The first-order valence-corrected chi connectivity index (χ1v) is 9.27. The second-order valence-electron chi connectivity index (χ2n) is 6.92. The number of amides is 1. The lowest BCUT2D eigenvalue weighted by Crippen LogP contribution is -2.44. The van der Waals surface area contributed by atoms with Crippen LogP contribution in [0.2, 0.25) is 0 Å². The summed E-state index contributed by atoms with van der Waals surface area (Å²) in [4.78, 5) is 13.3. The molecule has 0 atom stereocenters. The van der Waals surface area contributed by atoms with Crippen LogP contribution in [0.3, 0.4) is 0 Å². The highest BCUT2D eigenvalue weighted by Crippen LogP contribution is 2.36. The molecule has 2 heterocycles. The van der Waals surface area contributed by atoms with Gasteiger partial charge in [0.15, 0.2) is 0 Å². The van der Waals surface area contributed by atoms with E-state index in [9.17, 15) is 4.79 Å². The fraction of sp³-hybridized carbons (Fsp3) is 0.273. The molecule has 5 nitrogen and oxygen atoms in total. The molecule has 1 N–H and O–H groups in total. The van der Waals surface area contributed by atoms with Crippen molar-refractivity contribution in [2.24, 2.45) is 0 Å². The third-order valence-corrected chi connectivity index (χ3v) is 5.20. The number of carbonyl (C=O) groups is 1. The van der Waals surface area contributed by atoms with Crippen molar-refractivity contribution in [3.05, 3.63) is 84.2 Å². The van der Waals surface area contributed by atoms with Gasteiger partial charge in [-0.25, -0.2) is 0 Å². The number of carbonyl (C=O) groups excluding carboxylic acids is 1. The van der Waals surface area contributed by atoms with Gasteiger partial charge in [0.25, 0.3) is 0 Å². The van der Waals surface area contributed by atoms with Gasteiger partial charge in [0, 0.05) is 31.3 Å². The number of hydrogen-bond donors (Lipinski definition) is 1. The zero-order valence-corrected chi connectivity index (χ0v) is 15.2. The van der Waals surface area contributed by atoms with E-state index >= 15 is 0 Å². The maximum absolute atomic E-state index is 13.3. The highest BCUT2D eigenvalue weighted by molar-refractivity contribution is 5.99. The van der Waals surface area contributed by atoms with Crippen molar-refractivity contribution in [2.75, 3.05) is 18.5 Å². The van der Waals surface area contributed by atoms with Gasteiger partial charge >= 0.3 is 0 Å². The van der Waals surface area contributed by atoms with Crippen LogP contribution in [-0.2, 0) is 21.5 Å². The molecule has 3 aromatic rings. The van der Waals surface area contributed by atoms with Crippen LogP contribution in [-0.4, -0.2) is 28.9 Å². The van der Waals surface area contributed by atoms with Crippen molar-refractivity contribution in [1.82, 2.24) is 9.78 Å². The molecule has 2 aromatic carbocycles. The van der Waals surface area contributed by atoms with Crippen LogP contribution >= 0.6 is 0 Å². The summed E-state index contributed by atoms with van der Waals surface area (Å²) in [6.45, 7) is 1.87. The van der Waals surface area contributed by atoms with E-state index in [-0.39, 0.29) is 5.91 Å². The SMILES string of the molecule is O=C(Nc1cccc(Cn2cccn2)c1)C1(c2ccccc2)CCOCC1. The zero-order valence-electron chi connectivity index (χ0n) is 15.2. The van der Waals surface area contributed by atoms with Gasteiger partial charge in [-0.2, -0.15) is 5.10 Å². The topological polar surface area (TPSA) is 56.2 Å². The molecule has 0 aliphatic carbocycles. The van der Waals surface area contributed by atoms with E-state index in [0.717, 1.165) is 16.8 Å². The van der Waals surface area contributed by atoms with Crippen molar-refractivity contribution >= 4 is 11.6 Å². The summed E-state index contributed by atoms with van der Waals surface area (Å²) in [5.74, 6) is 0.0354. The minimum atomic E-state index is -0.544. The number of aromatic nitrogens is 2. The summed E-state index contributed by atoms with van der Waals surface area (Å²) >= 11 is 0. The Morgan fingerprint density at radius 2 is 1.89 bits per heavy atom. The third kappa shape index (κ3) is 3.78. The Morgan fingerprint density at radius 3 is 2.63 bits per heavy atom. The van der Waals surface area contributed by atoms with E-state index in [1.54, 1.807) is 6.20 Å². The van der Waals surface area contributed by atoms with Crippen LogP contribution in [0.15, 0.2) is 73.1 Å². The maximum atomic E-state index is 13.3. The van der Waals surface area contributed by atoms with E-state index in [1.165, 1.54) is 0 Å². The average molecular weight is 361 g/mol. The Hall–Kier alpha value is -2.92. The second-order valence-corrected chi connectivity index (χ2v) is 6.92. The van der Waals surface area contributed by atoms with Gasteiger partial charge in [-0.3, -0.25) is 9.48 Å². The van der Waals surface area contributed by atoms with Crippen LogP contribution in [0.1, 0.15) is 24.0 Å². The van der Waals surface area contributed by atoms with Crippen LogP contribution < -0.4 is 5.32 Å². The summed E-state index contributed by atoms with van der Waals surface area (Å²) < 4.78 is 7.40. The fourth-order valence-electron chi connectivity index (χ4n) is 3.70. The summed E-state index contributed by atoms with van der Waals surface area (Å²) in [7, 11) is 0. The minimum Gasteiger partial charge on any atom is -0.381 e. The number of nitrogens with zero attached hydrogens (tertiary/aromatic N) is 2. The number of anilines is 1. The molecule has 27 heavy (non-hydrogen) atoms. The molecule has 4 rings (SSSR count). The van der Waals surface area contributed by atoms with Crippen LogP contribution in [0, 0.1) is 0 Å². The first-order chi connectivity index (χ1) is 13.3. The Morgan fingerprint density at radius 1 is 1.07 bits per heavy atom. The zero-order chi connectivity index (χ0) is 18.5. The Kier molecular flexibility index (Phi) is 5.03. The molecule has 0 unspecified atom stereocenters. The summed E-state index contributed by atoms with van der Waals surface area (Å²) in [5, 5.41) is 7.39. The van der Waals surface area contributed by atoms with Crippen molar-refractivity contribution in [1.29, 1.82) is 0 Å². The fourth-order valence-corrected chi connectivity index (χ4v) is 3.70. The van der Waals surface area contributed by atoms with Crippen LogP contribution in [0.25, 0.3) is 0 Å². The highest BCUT2D eigenvalue weighted by atomic mass is 16.5. The van der Waals surface area contributed by atoms with Crippen molar-refractivity contribution < 1.29 is 9.53 Å². The molecule has 1 aliphatic rings. The molecular weight excluding hydrogens is 338 g/mol. The normalized spacial score (nSPS) is 16.0. The third-order valence-electron chi connectivity index (χ3n) is 5.20. The Bertz CT molecular complexity index is 885. The smallest absolute Gasteiger partial charge is 0.235 e. The number of hydrogen-bond acceptors (Lipinski definition) is 3. The number of rotatable bonds is 5. The minimum absolute atomic E-state index is 0.0354. The van der Waals surface area contributed by atoms with Gasteiger partial charge in [-0.15, -0.1) is 0 Å². The molecule has 5 heteroatoms. The van der Waals surface area contributed by atoms with Crippen molar-refractivity contribution in [3.63, 3.8) is 0 Å². The van der Waals surface area contributed by atoms with Crippen molar-refractivity contribution in [2.45, 2.75) is 24.8 Å². The lowest BCUT2D eigenvalue weighted by atomic mass is 9.73. The lowest BCUT2D eigenvalue weighted by Gasteiger charge is -2.36. The predicted octanol–water partition coefficient (Wildman–Crippen LogP) is 3.62. The largest absolute Gasteiger partial charge is 0.381 e. The van der Waals surface area contributed by atoms with E-state index in [2.05, 4.69) is 10.4 Å². The number of benzene rings is 2. The van der Waals surface area contributed by atoms with Gasteiger partial charge in [-0.1, -0.05) is 42.5 Å². The first kappa shape index (κ1) is 17.5. The number of ether oxygens (including phenoxy) is 1. The standard InChI is InChI=1S/C22H23N3O2/c26-21(22(10-14-27-15-11-22)19-7-2-1-3-8-19)24-20-9-4-6-18(16-20)17-25-13-5-12-23-25/h1-9,12-13,16H,10-11,14-15,17H2,(H,24,26). The molecule has 0 spiro atoms. The maximum Gasteiger partial charge on any atom is 0.235 e. The molecule has 0 saturated carbocycles. The lowest BCUT2D eigenvalue weighted by molar-refractivity contribution is -0.125.